The van der Waals surface area contributed by atoms with E-state index < -0.39 is 0 Å². The minimum Gasteiger partial charge on any atom is -0.337 e. The maximum absolute atomic E-state index is 12.4. The zero-order valence-corrected chi connectivity index (χ0v) is 15.4. The van der Waals surface area contributed by atoms with Crippen LogP contribution < -0.4 is 10.6 Å². The highest BCUT2D eigenvalue weighted by molar-refractivity contribution is 5.93. The van der Waals surface area contributed by atoms with E-state index in [4.69, 9.17) is 0 Å². The van der Waals surface area contributed by atoms with E-state index in [1.54, 1.807) is 6.20 Å². The Hall–Kier alpha value is -2.15. The molecule has 1 amide bonds. The van der Waals surface area contributed by atoms with Crippen molar-refractivity contribution in [1.29, 1.82) is 0 Å². The van der Waals surface area contributed by atoms with Gasteiger partial charge in [0.25, 0.3) is 0 Å². The molecule has 0 aliphatic heterocycles. The Bertz CT molecular complexity index is 700. The summed E-state index contributed by atoms with van der Waals surface area (Å²) >= 11 is 0. The molecule has 132 valence electrons. The van der Waals surface area contributed by atoms with Crippen LogP contribution >= 0.6 is 0 Å². The SMILES string of the molecule is CCn1nc(C)c(NC(=O)CN[C@@H](c2nccn2C)C(C)C)c1C. The largest absolute Gasteiger partial charge is 0.337 e. The normalized spacial score (nSPS) is 12.6. The lowest BCUT2D eigenvalue weighted by Gasteiger charge is -2.22. The second-order valence-corrected chi connectivity index (χ2v) is 6.41. The minimum absolute atomic E-state index is 0.0244. The summed E-state index contributed by atoms with van der Waals surface area (Å²) in [5.74, 6) is 1.19. The van der Waals surface area contributed by atoms with Crippen LogP contribution in [-0.2, 0) is 18.4 Å². The quantitative estimate of drug-likeness (QED) is 0.815. The molecule has 2 heterocycles. The van der Waals surface area contributed by atoms with Crippen LogP contribution in [0.3, 0.4) is 0 Å². The van der Waals surface area contributed by atoms with Crippen molar-refractivity contribution in [3.63, 3.8) is 0 Å². The average Bonchev–Trinajstić information content (AvgIpc) is 3.05. The summed E-state index contributed by atoms with van der Waals surface area (Å²) < 4.78 is 3.87. The number of anilines is 1. The Morgan fingerprint density at radius 2 is 2.04 bits per heavy atom. The summed E-state index contributed by atoms with van der Waals surface area (Å²) in [7, 11) is 1.96. The van der Waals surface area contributed by atoms with Gasteiger partial charge in [0.1, 0.15) is 5.82 Å². The molecule has 0 spiro atoms. The van der Waals surface area contributed by atoms with Crippen LogP contribution in [0.1, 0.15) is 44.0 Å². The number of rotatable bonds is 7. The highest BCUT2D eigenvalue weighted by Gasteiger charge is 2.21. The summed E-state index contributed by atoms with van der Waals surface area (Å²) in [5, 5.41) is 10.7. The fourth-order valence-electron chi connectivity index (χ4n) is 2.87. The molecule has 0 aromatic carbocycles. The summed E-state index contributed by atoms with van der Waals surface area (Å²) in [4.78, 5) is 16.8. The highest BCUT2D eigenvalue weighted by Crippen LogP contribution is 2.21. The Labute approximate surface area is 143 Å². The molecule has 0 saturated carbocycles. The summed E-state index contributed by atoms with van der Waals surface area (Å²) in [5.41, 5.74) is 2.63. The van der Waals surface area contributed by atoms with Crippen LogP contribution in [0.2, 0.25) is 0 Å². The van der Waals surface area contributed by atoms with Crippen molar-refractivity contribution in [2.45, 2.75) is 47.2 Å². The smallest absolute Gasteiger partial charge is 0.238 e. The third kappa shape index (κ3) is 3.84. The van der Waals surface area contributed by atoms with Crippen molar-refractivity contribution in [1.82, 2.24) is 24.6 Å². The molecular formula is C17H28N6O. The van der Waals surface area contributed by atoms with Crippen LogP contribution in [0.25, 0.3) is 0 Å². The number of aryl methyl sites for hydroxylation is 3. The van der Waals surface area contributed by atoms with Gasteiger partial charge in [-0.1, -0.05) is 13.8 Å². The molecule has 2 rings (SSSR count). The van der Waals surface area contributed by atoms with Crippen molar-refractivity contribution >= 4 is 11.6 Å². The second-order valence-electron chi connectivity index (χ2n) is 6.41. The Kier molecular flexibility index (Phi) is 5.77. The zero-order valence-electron chi connectivity index (χ0n) is 15.4. The van der Waals surface area contributed by atoms with Gasteiger partial charge in [0.05, 0.1) is 29.7 Å². The molecule has 2 N–H and O–H groups in total. The standard InChI is InChI=1S/C17H28N6O/c1-7-23-13(5)16(12(4)21-23)20-14(24)10-19-15(11(2)3)17-18-8-9-22(17)6/h8-9,11,15,19H,7,10H2,1-6H3,(H,20,24)/t15-/m1/s1. The van der Waals surface area contributed by atoms with Crippen LogP contribution in [0.4, 0.5) is 5.69 Å². The number of nitrogens with zero attached hydrogens (tertiary/aromatic N) is 4. The van der Waals surface area contributed by atoms with Crippen molar-refractivity contribution in [2.24, 2.45) is 13.0 Å². The summed E-state index contributed by atoms with van der Waals surface area (Å²) in [6, 6.07) is 0.0244. The van der Waals surface area contributed by atoms with Crippen molar-refractivity contribution < 1.29 is 4.79 Å². The van der Waals surface area contributed by atoms with Gasteiger partial charge in [0.2, 0.25) is 5.91 Å². The first kappa shape index (κ1) is 18.2. The molecular weight excluding hydrogens is 304 g/mol. The molecule has 0 aliphatic carbocycles. The second kappa shape index (κ2) is 7.61. The van der Waals surface area contributed by atoms with E-state index in [9.17, 15) is 4.79 Å². The molecule has 0 radical (unpaired) electrons. The van der Waals surface area contributed by atoms with Gasteiger partial charge in [-0.3, -0.25) is 14.8 Å². The molecule has 0 aliphatic rings. The highest BCUT2D eigenvalue weighted by atomic mass is 16.1. The van der Waals surface area contributed by atoms with Crippen molar-refractivity contribution in [2.75, 3.05) is 11.9 Å². The fraction of sp³-hybridized carbons (Fsp3) is 0.588. The van der Waals surface area contributed by atoms with E-state index in [1.807, 2.05) is 43.3 Å². The molecule has 2 aromatic rings. The number of carbonyl (C=O) groups excluding carboxylic acids is 1. The molecule has 24 heavy (non-hydrogen) atoms. The first-order valence-corrected chi connectivity index (χ1v) is 8.39. The molecule has 7 heteroatoms. The first-order chi connectivity index (χ1) is 11.3. The number of imidazole rings is 1. The van der Waals surface area contributed by atoms with Crippen LogP contribution in [0, 0.1) is 19.8 Å². The van der Waals surface area contributed by atoms with Gasteiger partial charge in [0.15, 0.2) is 0 Å². The number of hydrogen-bond acceptors (Lipinski definition) is 4. The summed E-state index contributed by atoms with van der Waals surface area (Å²) in [6.07, 6.45) is 3.69. The number of amides is 1. The number of hydrogen-bond donors (Lipinski definition) is 2. The van der Waals surface area contributed by atoms with Crippen molar-refractivity contribution in [3.05, 3.63) is 29.6 Å². The van der Waals surface area contributed by atoms with Gasteiger partial charge in [-0.2, -0.15) is 5.10 Å². The van der Waals surface area contributed by atoms with Crippen LogP contribution in [-0.4, -0.2) is 31.8 Å². The van der Waals surface area contributed by atoms with Crippen LogP contribution in [0.5, 0.6) is 0 Å². The molecule has 0 bridgehead atoms. The third-order valence-electron chi connectivity index (χ3n) is 4.23. The maximum Gasteiger partial charge on any atom is 0.238 e. The Morgan fingerprint density at radius 1 is 1.33 bits per heavy atom. The molecule has 1 atom stereocenters. The van der Waals surface area contributed by atoms with E-state index >= 15 is 0 Å². The van der Waals surface area contributed by atoms with Crippen molar-refractivity contribution in [3.8, 4) is 0 Å². The lowest BCUT2D eigenvalue weighted by atomic mass is 10.0. The lowest BCUT2D eigenvalue weighted by molar-refractivity contribution is -0.115. The fourth-order valence-corrected chi connectivity index (χ4v) is 2.87. The molecule has 0 fully saturated rings. The lowest BCUT2D eigenvalue weighted by Crippen LogP contribution is -2.35. The van der Waals surface area contributed by atoms with E-state index in [-0.39, 0.29) is 18.5 Å². The average molecular weight is 332 g/mol. The summed E-state index contributed by atoms with van der Waals surface area (Å²) in [6.45, 7) is 11.2. The van der Waals surface area contributed by atoms with Gasteiger partial charge >= 0.3 is 0 Å². The predicted octanol–water partition coefficient (Wildman–Crippen LogP) is 2.18. The van der Waals surface area contributed by atoms with E-state index in [1.165, 1.54) is 0 Å². The number of carbonyl (C=O) groups is 1. The van der Waals surface area contributed by atoms with Gasteiger partial charge in [0, 0.05) is 26.0 Å². The third-order valence-corrected chi connectivity index (χ3v) is 4.23. The van der Waals surface area contributed by atoms with Gasteiger partial charge < -0.3 is 9.88 Å². The maximum atomic E-state index is 12.4. The van der Waals surface area contributed by atoms with E-state index in [0.29, 0.717) is 5.92 Å². The number of nitrogens with one attached hydrogen (secondary N) is 2. The Morgan fingerprint density at radius 3 is 2.54 bits per heavy atom. The predicted molar refractivity (Wildman–Crippen MR) is 94.8 cm³/mol. The zero-order chi connectivity index (χ0) is 17.9. The monoisotopic (exact) mass is 332 g/mol. The molecule has 0 saturated heterocycles. The van der Waals surface area contributed by atoms with Gasteiger partial charge in [-0.15, -0.1) is 0 Å². The van der Waals surface area contributed by atoms with E-state index in [2.05, 4.69) is 34.6 Å². The number of aromatic nitrogens is 4. The van der Waals surface area contributed by atoms with E-state index in [0.717, 1.165) is 29.4 Å². The minimum atomic E-state index is -0.0725. The molecule has 2 aromatic heterocycles. The molecule has 0 unspecified atom stereocenters. The Balaban J connectivity index is 2.02. The first-order valence-electron chi connectivity index (χ1n) is 8.39. The van der Waals surface area contributed by atoms with Gasteiger partial charge in [-0.05, 0) is 26.7 Å². The van der Waals surface area contributed by atoms with Gasteiger partial charge in [-0.25, -0.2) is 4.98 Å². The van der Waals surface area contributed by atoms with Crippen LogP contribution in [0.15, 0.2) is 12.4 Å². The topological polar surface area (TPSA) is 76.8 Å². The molecule has 7 nitrogen and oxygen atoms in total.